The van der Waals surface area contributed by atoms with Crippen LogP contribution in [0, 0.1) is 6.92 Å². The number of aryl methyl sites for hydroxylation is 1. The molecule has 6 heteroatoms. The SMILES string of the molecule is CCNC(=NCC(C)c1ccc(C)cc1)N1CCC(N2CCOCC2)C1.I. The lowest BCUT2D eigenvalue weighted by molar-refractivity contribution is 0.0195. The third-order valence-corrected chi connectivity index (χ3v) is 5.52. The van der Waals surface area contributed by atoms with Gasteiger partial charge in [-0.2, -0.15) is 0 Å². The van der Waals surface area contributed by atoms with Gasteiger partial charge in [0.15, 0.2) is 5.96 Å². The normalized spacial score (nSPS) is 22.4. The Bertz CT molecular complexity index is 586. The number of halogens is 1. The lowest BCUT2D eigenvalue weighted by Gasteiger charge is -2.32. The van der Waals surface area contributed by atoms with Crippen molar-refractivity contribution in [2.45, 2.75) is 39.2 Å². The number of nitrogens with zero attached hydrogens (tertiary/aromatic N) is 3. The highest BCUT2D eigenvalue weighted by Gasteiger charge is 2.30. The average molecular weight is 486 g/mol. The van der Waals surface area contributed by atoms with Gasteiger partial charge in [-0.1, -0.05) is 36.8 Å². The summed E-state index contributed by atoms with van der Waals surface area (Å²) < 4.78 is 5.50. The predicted octanol–water partition coefficient (Wildman–Crippen LogP) is 3.09. The van der Waals surface area contributed by atoms with E-state index in [9.17, 15) is 0 Å². The summed E-state index contributed by atoms with van der Waals surface area (Å²) in [6.07, 6.45) is 1.22. The highest BCUT2D eigenvalue weighted by Crippen LogP contribution is 2.19. The maximum Gasteiger partial charge on any atom is 0.193 e. The van der Waals surface area contributed by atoms with Crippen molar-refractivity contribution in [1.29, 1.82) is 0 Å². The Balaban J connectivity index is 0.00000261. The smallest absolute Gasteiger partial charge is 0.193 e. The second-order valence-electron chi connectivity index (χ2n) is 7.54. The van der Waals surface area contributed by atoms with Gasteiger partial charge < -0.3 is 15.0 Å². The van der Waals surface area contributed by atoms with Crippen LogP contribution in [-0.4, -0.2) is 74.3 Å². The molecule has 2 fully saturated rings. The molecule has 0 bridgehead atoms. The zero-order chi connectivity index (χ0) is 18.4. The minimum absolute atomic E-state index is 0. The highest BCUT2D eigenvalue weighted by atomic mass is 127. The van der Waals surface area contributed by atoms with Crippen molar-refractivity contribution < 1.29 is 4.74 Å². The molecule has 5 nitrogen and oxygen atoms in total. The van der Waals surface area contributed by atoms with Crippen molar-refractivity contribution in [3.8, 4) is 0 Å². The fourth-order valence-corrected chi connectivity index (χ4v) is 3.82. The minimum Gasteiger partial charge on any atom is -0.379 e. The Morgan fingerprint density at radius 1 is 1.22 bits per heavy atom. The van der Waals surface area contributed by atoms with Crippen molar-refractivity contribution in [3.05, 3.63) is 35.4 Å². The van der Waals surface area contributed by atoms with Crippen LogP contribution in [0.25, 0.3) is 0 Å². The van der Waals surface area contributed by atoms with Crippen LogP contribution in [0.15, 0.2) is 29.3 Å². The van der Waals surface area contributed by atoms with Gasteiger partial charge in [-0.25, -0.2) is 0 Å². The first-order chi connectivity index (χ1) is 12.7. The molecule has 2 saturated heterocycles. The minimum atomic E-state index is 0. The molecular formula is C21H35IN4O. The molecule has 2 heterocycles. The molecule has 0 spiro atoms. The van der Waals surface area contributed by atoms with Gasteiger partial charge in [-0.15, -0.1) is 24.0 Å². The first-order valence-corrected chi connectivity index (χ1v) is 10.1. The number of aliphatic imine (C=N–C) groups is 1. The molecule has 0 aromatic heterocycles. The van der Waals surface area contributed by atoms with E-state index in [-0.39, 0.29) is 24.0 Å². The van der Waals surface area contributed by atoms with E-state index in [0.29, 0.717) is 12.0 Å². The number of hydrogen-bond donors (Lipinski definition) is 1. The summed E-state index contributed by atoms with van der Waals surface area (Å²) in [5, 5.41) is 3.50. The standard InChI is InChI=1S/C21H34N4O.HI/c1-4-22-21(23-15-18(3)19-7-5-17(2)6-8-19)25-10-9-20(16-25)24-11-13-26-14-12-24;/h5-8,18,20H,4,9-16H2,1-3H3,(H,22,23);1H. The van der Waals surface area contributed by atoms with Crippen LogP contribution >= 0.6 is 24.0 Å². The molecule has 1 aromatic carbocycles. The topological polar surface area (TPSA) is 40.1 Å². The molecule has 2 aliphatic rings. The molecular weight excluding hydrogens is 451 g/mol. The van der Waals surface area contributed by atoms with Crippen LogP contribution < -0.4 is 5.32 Å². The van der Waals surface area contributed by atoms with E-state index < -0.39 is 0 Å². The number of rotatable bonds is 5. The van der Waals surface area contributed by atoms with Crippen LogP contribution in [0.2, 0.25) is 0 Å². The van der Waals surface area contributed by atoms with Gasteiger partial charge in [0.2, 0.25) is 0 Å². The number of hydrogen-bond acceptors (Lipinski definition) is 3. The van der Waals surface area contributed by atoms with Gasteiger partial charge in [0, 0.05) is 51.2 Å². The second kappa shape index (κ2) is 11.2. The van der Waals surface area contributed by atoms with Crippen LogP contribution in [0.5, 0.6) is 0 Å². The van der Waals surface area contributed by atoms with E-state index in [2.05, 4.69) is 60.2 Å². The number of ether oxygens (including phenoxy) is 1. The molecule has 2 aliphatic heterocycles. The largest absolute Gasteiger partial charge is 0.379 e. The fourth-order valence-electron chi connectivity index (χ4n) is 3.82. The van der Waals surface area contributed by atoms with E-state index in [1.54, 1.807) is 0 Å². The Labute approximate surface area is 181 Å². The molecule has 0 aliphatic carbocycles. The summed E-state index contributed by atoms with van der Waals surface area (Å²) in [5.74, 6) is 1.50. The number of guanidine groups is 1. The van der Waals surface area contributed by atoms with E-state index in [1.165, 1.54) is 17.5 Å². The summed E-state index contributed by atoms with van der Waals surface area (Å²) in [5.41, 5.74) is 2.67. The van der Waals surface area contributed by atoms with Gasteiger partial charge in [0.25, 0.3) is 0 Å². The highest BCUT2D eigenvalue weighted by molar-refractivity contribution is 14.0. The van der Waals surface area contributed by atoms with Gasteiger partial charge >= 0.3 is 0 Å². The van der Waals surface area contributed by atoms with Crippen LogP contribution in [-0.2, 0) is 4.74 Å². The first kappa shape index (κ1) is 22.4. The zero-order valence-electron chi connectivity index (χ0n) is 17.0. The van der Waals surface area contributed by atoms with E-state index in [4.69, 9.17) is 9.73 Å². The van der Waals surface area contributed by atoms with Crippen LogP contribution in [0.4, 0.5) is 0 Å². The Morgan fingerprint density at radius 3 is 2.59 bits per heavy atom. The third kappa shape index (κ3) is 6.32. The second-order valence-corrected chi connectivity index (χ2v) is 7.54. The Hall–Kier alpha value is -0.860. The monoisotopic (exact) mass is 486 g/mol. The lowest BCUT2D eigenvalue weighted by Crippen LogP contribution is -2.46. The maximum absolute atomic E-state index is 5.50. The summed E-state index contributed by atoms with van der Waals surface area (Å²) >= 11 is 0. The Kier molecular flexibility index (Phi) is 9.32. The Morgan fingerprint density at radius 2 is 1.93 bits per heavy atom. The van der Waals surface area contributed by atoms with Crippen molar-refractivity contribution in [1.82, 2.24) is 15.1 Å². The first-order valence-electron chi connectivity index (χ1n) is 10.1. The summed E-state index contributed by atoms with van der Waals surface area (Å²) in [6.45, 7) is 14.3. The lowest BCUT2D eigenvalue weighted by atomic mass is 10.0. The van der Waals surface area contributed by atoms with Gasteiger partial charge in [-0.3, -0.25) is 9.89 Å². The van der Waals surface area contributed by atoms with Crippen molar-refractivity contribution in [3.63, 3.8) is 0 Å². The van der Waals surface area contributed by atoms with Crippen LogP contribution in [0.3, 0.4) is 0 Å². The average Bonchev–Trinajstić information content (AvgIpc) is 3.16. The van der Waals surface area contributed by atoms with Crippen molar-refractivity contribution in [2.24, 2.45) is 4.99 Å². The summed E-state index contributed by atoms with van der Waals surface area (Å²) in [7, 11) is 0. The number of nitrogens with one attached hydrogen (secondary N) is 1. The molecule has 152 valence electrons. The molecule has 1 aromatic rings. The molecule has 27 heavy (non-hydrogen) atoms. The molecule has 2 atom stereocenters. The quantitative estimate of drug-likeness (QED) is 0.395. The van der Waals surface area contributed by atoms with Gasteiger partial charge in [0.05, 0.1) is 13.2 Å². The molecule has 0 amide bonds. The zero-order valence-corrected chi connectivity index (χ0v) is 19.3. The molecule has 1 N–H and O–H groups in total. The summed E-state index contributed by atoms with van der Waals surface area (Å²) in [6, 6.07) is 9.47. The molecule has 2 unspecified atom stereocenters. The van der Waals surface area contributed by atoms with Crippen LogP contribution in [0.1, 0.15) is 37.3 Å². The number of benzene rings is 1. The third-order valence-electron chi connectivity index (χ3n) is 5.52. The molecule has 3 rings (SSSR count). The molecule has 0 radical (unpaired) electrons. The van der Waals surface area contributed by atoms with Crippen molar-refractivity contribution in [2.75, 3.05) is 52.5 Å². The van der Waals surface area contributed by atoms with Gasteiger partial charge in [-0.05, 0) is 25.8 Å². The van der Waals surface area contributed by atoms with Gasteiger partial charge in [0.1, 0.15) is 0 Å². The number of morpholine rings is 1. The fraction of sp³-hybridized carbons (Fsp3) is 0.667. The summed E-state index contributed by atoms with van der Waals surface area (Å²) in [4.78, 5) is 9.98. The maximum atomic E-state index is 5.50. The van der Waals surface area contributed by atoms with Crippen molar-refractivity contribution >= 4 is 29.9 Å². The van der Waals surface area contributed by atoms with E-state index in [0.717, 1.165) is 58.4 Å². The number of likely N-dealkylation sites (tertiary alicyclic amines) is 1. The van der Waals surface area contributed by atoms with E-state index >= 15 is 0 Å². The molecule has 0 saturated carbocycles. The van der Waals surface area contributed by atoms with E-state index in [1.807, 2.05) is 0 Å². The predicted molar refractivity (Wildman–Crippen MR) is 123 cm³/mol.